The molecule has 0 amide bonds. The molecule has 2 saturated heterocycles. The average molecular weight is 320 g/mol. The topological polar surface area (TPSA) is 40.6 Å². The van der Waals surface area contributed by atoms with Crippen molar-refractivity contribution in [2.75, 3.05) is 32.4 Å². The van der Waals surface area contributed by atoms with E-state index in [1.165, 1.54) is 23.8 Å². The maximum atomic E-state index is 11.8. The van der Waals surface area contributed by atoms with Crippen LogP contribution in [0.15, 0.2) is 24.3 Å². The SMILES string of the molecule is CS(=O)(=O)N1CC[C@H]2C[C@H]3c4ccccc4CCN3C[C@H]2C1. The number of sulfonamides is 1. The first-order valence-corrected chi connectivity index (χ1v) is 10.1. The summed E-state index contributed by atoms with van der Waals surface area (Å²) in [7, 11) is -3.04. The van der Waals surface area contributed by atoms with Gasteiger partial charge in [-0.2, -0.15) is 0 Å². The van der Waals surface area contributed by atoms with Gasteiger partial charge >= 0.3 is 0 Å². The zero-order valence-electron chi connectivity index (χ0n) is 13.1. The van der Waals surface area contributed by atoms with Crippen LogP contribution in [0.2, 0.25) is 0 Å². The normalized spacial score (nSPS) is 32.9. The first kappa shape index (κ1) is 14.7. The lowest BCUT2D eigenvalue weighted by molar-refractivity contribution is 0.0225. The second-order valence-corrected chi connectivity index (χ2v) is 9.11. The Morgan fingerprint density at radius 1 is 1.09 bits per heavy atom. The third-order valence-electron chi connectivity index (χ3n) is 5.84. The van der Waals surface area contributed by atoms with Gasteiger partial charge in [0.05, 0.1) is 6.26 Å². The predicted octanol–water partition coefficient (Wildman–Crippen LogP) is 1.89. The molecule has 5 heteroatoms. The molecule has 1 aromatic carbocycles. The fourth-order valence-electron chi connectivity index (χ4n) is 4.65. The van der Waals surface area contributed by atoms with Gasteiger partial charge in [-0.1, -0.05) is 24.3 Å². The van der Waals surface area contributed by atoms with E-state index in [1.807, 2.05) is 0 Å². The lowest BCUT2D eigenvalue weighted by atomic mass is 9.74. The summed E-state index contributed by atoms with van der Waals surface area (Å²) in [4.78, 5) is 2.59. The molecule has 2 fully saturated rings. The molecule has 0 aromatic heterocycles. The molecule has 0 bridgehead atoms. The minimum atomic E-state index is -3.04. The van der Waals surface area contributed by atoms with Crippen LogP contribution in [-0.2, 0) is 16.4 Å². The largest absolute Gasteiger partial charge is 0.296 e. The Balaban J connectivity index is 1.56. The molecule has 0 unspecified atom stereocenters. The number of nitrogens with zero attached hydrogens (tertiary/aromatic N) is 2. The van der Waals surface area contributed by atoms with Crippen molar-refractivity contribution in [3.8, 4) is 0 Å². The van der Waals surface area contributed by atoms with Crippen LogP contribution in [0, 0.1) is 11.8 Å². The van der Waals surface area contributed by atoms with Crippen molar-refractivity contribution >= 4 is 10.0 Å². The minimum Gasteiger partial charge on any atom is -0.296 e. The van der Waals surface area contributed by atoms with Crippen molar-refractivity contribution in [1.82, 2.24) is 9.21 Å². The molecular weight excluding hydrogens is 296 g/mol. The van der Waals surface area contributed by atoms with Gasteiger partial charge in [0.15, 0.2) is 0 Å². The summed E-state index contributed by atoms with van der Waals surface area (Å²) in [6, 6.07) is 9.41. The van der Waals surface area contributed by atoms with E-state index in [9.17, 15) is 8.42 Å². The van der Waals surface area contributed by atoms with E-state index in [4.69, 9.17) is 0 Å². The average Bonchev–Trinajstić information content (AvgIpc) is 2.51. The number of rotatable bonds is 1. The highest BCUT2D eigenvalue weighted by atomic mass is 32.2. The molecule has 0 saturated carbocycles. The molecule has 0 N–H and O–H groups in total. The van der Waals surface area contributed by atoms with E-state index in [1.54, 1.807) is 4.31 Å². The van der Waals surface area contributed by atoms with Crippen molar-refractivity contribution in [3.05, 3.63) is 35.4 Å². The second-order valence-electron chi connectivity index (χ2n) is 7.13. The molecule has 3 aliphatic rings. The van der Waals surface area contributed by atoms with Crippen LogP contribution in [-0.4, -0.2) is 50.1 Å². The van der Waals surface area contributed by atoms with Gasteiger partial charge in [-0.25, -0.2) is 12.7 Å². The summed E-state index contributed by atoms with van der Waals surface area (Å²) < 4.78 is 25.3. The molecule has 22 heavy (non-hydrogen) atoms. The highest BCUT2D eigenvalue weighted by Crippen LogP contribution is 2.43. The lowest BCUT2D eigenvalue weighted by Crippen LogP contribution is -2.53. The van der Waals surface area contributed by atoms with E-state index in [0.29, 0.717) is 31.0 Å². The van der Waals surface area contributed by atoms with Crippen LogP contribution in [0.5, 0.6) is 0 Å². The molecule has 0 spiro atoms. The first-order valence-electron chi connectivity index (χ1n) is 8.29. The molecule has 3 atom stereocenters. The quantitative estimate of drug-likeness (QED) is 0.793. The van der Waals surface area contributed by atoms with Gasteiger partial charge < -0.3 is 0 Å². The van der Waals surface area contributed by atoms with Crippen LogP contribution in [0.1, 0.15) is 30.0 Å². The van der Waals surface area contributed by atoms with E-state index in [0.717, 1.165) is 25.9 Å². The highest BCUT2D eigenvalue weighted by molar-refractivity contribution is 7.88. The fraction of sp³-hybridized carbons (Fsp3) is 0.647. The van der Waals surface area contributed by atoms with Crippen molar-refractivity contribution in [1.29, 1.82) is 0 Å². The number of hydrogen-bond donors (Lipinski definition) is 0. The first-order chi connectivity index (χ1) is 10.5. The van der Waals surface area contributed by atoms with Crippen LogP contribution >= 0.6 is 0 Å². The number of hydrogen-bond acceptors (Lipinski definition) is 3. The monoisotopic (exact) mass is 320 g/mol. The number of benzene rings is 1. The van der Waals surface area contributed by atoms with Gasteiger partial charge in [-0.05, 0) is 42.2 Å². The third-order valence-corrected chi connectivity index (χ3v) is 7.11. The second kappa shape index (κ2) is 5.32. The van der Waals surface area contributed by atoms with Gasteiger partial charge in [-0.3, -0.25) is 4.90 Å². The molecule has 3 aliphatic heterocycles. The fourth-order valence-corrected chi connectivity index (χ4v) is 5.55. The molecule has 4 nitrogen and oxygen atoms in total. The molecule has 120 valence electrons. The Bertz CT molecular complexity index is 673. The van der Waals surface area contributed by atoms with Gasteiger partial charge in [0.25, 0.3) is 0 Å². The van der Waals surface area contributed by atoms with Gasteiger partial charge in [0.1, 0.15) is 0 Å². The summed E-state index contributed by atoms with van der Waals surface area (Å²) in [6.07, 6.45) is 4.68. The number of fused-ring (bicyclic) bond motifs is 4. The van der Waals surface area contributed by atoms with Crippen LogP contribution in [0.3, 0.4) is 0 Å². The van der Waals surface area contributed by atoms with Gasteiger partial charge in [0.2, 0.25) is 10.0 Å². The minimum absolute atomic E-state index is 0.505. The Hall–Kier alpha value is -0.910. The zero-order valence-corrected chi connectivity index (χ0v) is 13.9. The summed E-state index contributed by atoms with van der Waals surface area (Å²) in [5, 5.41) is 0. The van der Waals surface area contributed by atoms with Crippen molar-refractivity contribution in [2.24, 2.45) is 11.8 Å². The Labute approximate surface area is 133 Å². The maximum absolute atomic E-state index is 11.8. The molecular formula is C17H24N2O2S. The van der Waals surface area contributed by atoms with Gasteiger partial charge in [-0.15, -0.1) is 0 Å². The predicted molar refractivity (Wildman–Crippen MR) is 87.1 cm³/mol. The van der Waals surface area contributed by atoms with Crippen LogP contribution in [0.25, 0.3) is 0 Å². The van der Waals surface area contributed by atoms with E-state index < -0.39 is 10.0 Å². The third kappa shape index (κ3) is 2.49. The summed E-state index contributed by atoms with van der Waals surface area (Å²) in [6.45, 7) is 3.59. The maximum Gasteiger partial charge on any atom is 0.211 e. The van der Waals surface area contributed by atoms with Crippen molar-refractivity contribution in [3.63, 3.8) is 0 Å². The molecule has 0 aliphatic carbocycles. The molecule has 0 radical (unpaired) electrons. The van der Waals surface area contributed by atoms with Crippen molar-refractivity contribution in [2.45, 2.75) is 25.3 Å². The van der Waals surface area contributed by atoms with E-state index in [2.05, 4.69) is 29.2 Å². The van der Waals surface area contributed by atoms with Crippen LogP contribution < -0.4 is 0 Å². The molecule has 4 rings (SSSR count). The summed E-state index contributed by atoms with van der Waals surface area (Å²) in [5.41, 5.74) is 3.02. The van der Waals surface area contributed by atoms with Crippen molar-refractivity contribution < 1.29 is 8.42 Å². The van der Waals surface area contributed by atoms with E-state index >= 15 is 0 Å². The summed E-state index contributed by atoms with van der Waals surface area (Å²) >= 11 is 0. The van der Waals surface area contributed by atoms with Gasteiger partial charge in [0, 0.05) is 32.2 Å². The molecule has 3 heterocycles. The Kier molecular flexibility index (Phi) is 3.55. The molecule has 1 aromatic rings. The Morgan fingerprint density at radius 2 is 1.91 bits per heavy atom. The van der Waals surface area contributed by atoms with Crippen LogP contribution in [0.4, 0.5) is 0 Å². The zero-order chi connectivity index (χ0) is 15.3. The lowest BCUT2D eigenvalue weighted by Gasteiger charge is -2.50. The summed E-state index contributed by atoms with van der Waals surface area (Å²) in [5.74, 6) is 1.18. The highest BCUT2D eigenvalue weighted by Gasteiger charge is 2.42. The smallest absolute Gasteiger partial charge is 0.211 e. The Morgan fingerprint density at radius 3 is 2.73 bits per heavy atom. The van der Waals surface area contributed by atoms with E-state index in [-0.39, 0.29) is 0 Å². The number of piperidine rings is 2. The standard InChI is InChI=1S/C17H24N2O2S/c1-22(20,21)19-9-7-14-10-17-16-5-3-2-4-13(16)6-8-18(17)11-15(14)12-19/h2-5,14-15,17H,6-12H2,1H3/t14-,15-,17-/m0/s1.